The Kier molecular flexibility index (Phi) is 5.84. The summed E-state index contributed by atoms with van der Waals surface area (Å²) in [4.78, 5) is 45.9. The van der Waals surface area contributed by atoms with Gasteiger partial charge in [-0.05, 0) is 43.3 Å². The minimum atomic E-state index is -0.398. The molecule has 1 aliphatic heterocycles. The molecule has 0 bridgehead atoms. The number of amides is 3. The Morgan fingerprint density at radius 1 is 1.19 bits per heavy atom. The predicted octanol–water partition coefficient (Wildman–Crippen LogP) is 2.93. The molecule has 1 aliphatic rings. The van der Waals surface area contributed by atoms with Crippen LogP contribution in [0.25, 0.3) is 11.0 Å². The van der Waals surface area contributed by atoms with Gasteiger partial charge in [-0.1, -0.05) is 23.2 Å². The van der Waals surface area contributed by atoms with Gasteiger partial charge in [-0.3, -0.25) is 14.4 Å². The molecular formula is C21H19Cl2N5O3. The first-order valence-corrected chi connectivity index (χ1v) is 10.4. The van der Waals surface area contributed by atoms with Crippen LogP contribution in [0.2, 0.25) is 10.0 Å². The number of aromatic amines is 1. The zero-order valence-electron chi connectivity index (χ0n) is 16.5. The highest BCUT2D eigenvalue weighted by atomic mass is 35.5. The zero-order valence-corrected chi connectivity index (χ0v) is 18.0. The summed E-state index contributed by atoms with van der Waals surface area (Å²) in [5, 5.41) is 6.27. The summed E-state index contributed by atoms with van der Waals surface area (Å²) in [6.45, 7) is 2.59. The van der Waals surface area contributed by atoms with Crippen LogP contribution in [-0.2, 0) is 4.79 Å². The molecule has 0 spiro atoms. The van der Waals surface area contributed by atoms with Crippen LogP contribution in [0.15, 0.2) is 36.4 Å². The van der Waals surface area contributed by atoms with Crippen molar-refractivity contribution in [3.8, 4) is 0 Å². The van der Waals surface area contributed by atoms with E-state index in [2.05, 4.69) is 20.6 Å². The molecule has 4 rings (SSSR count). The normalized spacial score (nSPS) is 14.9. The number of halogens is 2. The summed E-state index contributed by atoms with van der Waals surface area (Å²) in [6, 6.07) is 9.39. The van der Waals surface area contributed by atoms with Crippen molar-refractivity contribution in [2.45, 2.75) is 13.0 Å². The number of H-pyrrole nitrogens is 1. The molecule has 0 aliphatic carbocycles. The van der Waals surface area contributed by atoms with Gasteiger partial charge in [0.25, 0.3) is 11.8 Å². The molecule has 31 heavy (non-hydrogen) atoms. The molecule has 1 aromatic heterocycles. The highest BCUT2D eigenvalue weighted by molar-refractivity contribution is 6.34. The minimum absolute atomic E-state index is 0.0162. The topological polar surface area (TPSA) is 107 Å². The number of hydrogen-bond donors (Lipinski definition) is 3. The maximum atomic E-state index is 12.7. The third-order valence-electron chi connectivity index (χ3n) is 5.01. The Hall–Kier alpha value is -3.10. The standard InChI is InChI=1S/C21H19Cl2N5O3/c1-11(19-26-16-5-3-13(22)9-17(16)27-19)25-20(30)12-2-4-14(15(23)8-12)21(31)28-7-6-24-18(29)10-28/h2-5,8-9,11H,6-7,10H2,1H3,(H,24,29)(H,25,30)(H,26,27)/t11-/m0/s1. The van der Waals surface area contributed by atoms with Crippen molar-refractivity contribution < 1.29 is 14.4 Å². The number of benzene rings is 2. The highest BCUT2D eigenvalue weighted by Crippen LogP contribution is 2.22. The number of carbonyl (C=O) groups is 3. The van der Waals surface area contributed by atoms with Crippen molar-refractivity contribution in [3.05, 3.63) is 63.4 Å². The van der Waals surface area contributed by atoms with E-state index in [-0.39, 0.29) is 34.9 Å². The van der Waals surface area contributed by atoms with Crippen LogP contribution in [0.3, 0.4) is 0 Å². The van der Waals surface area contributed by atoms with Gasteiger partial charge in [0.2, 0.25) is 5.91 Å². The van der Waals surface area contributed by atoms with E-state index in [9.17, 15) is 14.4 Å². The van der Waals surface area contributed by atoms with Crippen LogP contribution in [0, 0.1) is 0 Å². The molecule has 8 nitrogen and oxygen atoms in total. The lowest BCUT2D eigenvalue weighted by molar-refractivity contribution is -0.123. The second kappa shape index (κ2) is 8.56. The SMILES string of the molecule is C[C@H](NC(=O)c1ccc(C(=O)N2CCNC(=O)C2)c(Cl)c1)c1nc2ccc(Cl)cc2[nH]1. The van der Waals surface area contributed by atoms with E-state index >= 15 is 0 Å². The number of hydrogen-bond acceptors (Lipinski definition) is 4. The monoisotopic (exact) mass is 459 g/mol. The molecule has 0 saturated carbocycles. The van der Waals surface area contributed by atoms with E-state index in [0.717, 1.165) is 11.0 Å². The van der Waals surface area contributed by atoms with Crippen LogP contribution in [0.5, 0.6) is 0 Å². The molecule has 1 saturated heterocycles. The molecule has 3 amide bonds. The molecule has 3 N–H and O–H groups in total. The molecule has 3 aromatic rings. The lowest BCUT2D eigenvalue weighted by Gasteiger charge is -2.27. The van der Waals surface area contributed by atoms with E-state index in [1.165, 1.54) is 23.1 Å². The summed E-state index contributed by atoms with van der Waals surface area (Å²) in [5.41, 5.74) is 2.08. The van der Waals surface area contributed by atoms with Crippen LogP contribution in [0.1, 0.15) is 39.5 Å². The van der Waals surface area contributed by atoms with Crippen molar-refractivity contribution >= 4 is 52.0 Å². The molecule has 1 fully saturated rings. The Morgan fingerprint density at radius 3 is 2.74 bits per heavy atom. The second-order valence-corrected chi connectivity index (χ2v) is 8.09. The van der Waals surface area contributed by atoms with Crippen molar-refractivity contribution in [3.63, 3.8) is 0 Å². The van der Waals surface area contributed by atoms with Gasteiger partial charge in [-0.25, -0.2) is 4.98 Å². The fourth-order valence-electron chi connectivity index (χ4n) is 3.37. The van der Waals surface area contributed by atoms with E-state index in [4.69, 9.17) is 23.2 Å². The maximum Gasteiger partial charge on any atom is 0.255 e. The first-order chi connectivity index (χ1) is 14.8. The molecular weight excluding hydrogens is 441 g/mol. The van der Waals surface area contributed by atoms with Crippen molar-refractivity contribution in [1.29, 1.82) is 0 Å². The summed E-state index contributed by atoms with van der Waals surface area (Å²) in [5.74, 6) is -0.328. The summed E-state index contributed by atoms with van der Waals surface area (Å²) >= 11 is 12.3. The number of carbonyl (C=O) groups excluding carboxylic acids is 3. The van der Waals surface area contributed by atoms with Crippen LogP contribution in [-0.4, -0.2) is 52.2 Å². The highest BCUT2D eigenvalue weighted by Gasteiger charge is 2.24. The van der Waals surface area contributed by atoms with Gasteiger partial charge in [0, 0.05) is 23.7 Å². The zero-order chi connectivity index (χ0) is 22.1. The van der Waals surface area contributed by atoms with Gasteiger partial charge in [-0.2, -0.15) is 0 Å². The molecule has 2 heterocycles. The fourth-order valence-corrected chi connectivity index (χ4v) is 3.80. The van der Waals surface area contributed by atoms with Crippen LogP contribution < -0.4 is 10.6 Å². The fraction of sp³-hybridized carbons (Fsp3) is 0.238. The van der Waals surface area contributed by atoms with Gasteiger partial charge in [0.1, 0.15) is 5.82 Å². The number of fused-ring (bicyclic) bond motifs is 1. The molecule has 0 radical (unpaired) electrons. The average Bonchev–Trinajstić information content (AvgIpc) is 3.16. The molecule has 10 heteroatoms. The number of imidazole rings is 1. The number of nitrogens with one attached hydrogen (secondary N) is 3. The molecule has 1 atom stereocenters. The van der Waals surface area contributed by atoms with E-state index < -0.39 is 6.04 Å². The third kappa shape index (κ3) is 4.50. The summed E-state index contributed by atoms with van der Waals surface area (Å²) in [7, 11) is 0. The first-order valence-electron chi connectivity index (χ1n) is 9.63. The lowest BCUT2D eigenvalue weighted by Crippen LogP contribution is -2.50. The summed E-state index contributed by atoms with van der Waals surface area (Å²) < 4.78 is 0. The minimum Gasteiger partial charge on any atom is -0.353 e. The third-order valence-corrected chi connectivity index (χ3v) is 5.56. The number of rotatable bonds is 4. The van der Waals surface area contributed by atoms with Crippen molar-refractivity contribution in [2.75, 3.05) is 19.6 Å². The Balaban J connectivity index is 1.47. The maximum absolute atomic E-state index is 12.7. The Bertz CT molecular complexity index is 1190. The number of piperazine rings is 1. The smallest absolute Gasteiger partial charge is 0.255 e. The molecule has 2 aromatic carbocycles. The van der Waals surface area contributed by atoms with Gasteiger partial charge in [-0.15, -0.1) is 0 Å². The summed E-state index contributed by atoms with van der Waals surface area (Å²) in [6.07, 6.45) is 0. The van der Waals surface area contributed by atoms with Crippen molar-refractivity contribution in [2.24, 2.45) is 0 Å². The van der Waals surface area contributed by atoms with E-state index in [1.54, 1.807) is 25.1 Å². The van der Waals surface area contributed by atoms with Gasteiger partial charge >= 0.3 is 0 Å². The number of nitrogens with zero attached hydrogens (tertiary/aromatic N) is 2. The van der Waals surface area contributed by atoms with Gasteiger partial charge in [0.05, 0.1) is 34.2 Å². The average molecular weight is 460 g/mol. The Morgan fingerprint density at radius 2 is 2.00 bits per heavy atom. The Labute approximate surface area is 187 Å². The van der Waals surface area contributed by atoms with Crippen LogP contribution >= 0.6 is 23.2 Å². The lowest BCUT2D eigenvalue weighted by atomic mass is 10.1. The quantitative estimate of drug-likeness (QED) is 0.557. The number of aromatic nitrogens is 2. The molecule has 0 unspecified atom stereocenters. The van der Waals surface area contributed by atoms with Crippen LogP contribution in [0.4, 0.5) is 0 Å². The molecule has 160 valence electrons. The second-order valence-electron chi connectivity index (χ2n) is 7.25. The first kappa shape index (κ1) is 21.1. The van der Waals surface area contributed by atoms with E-state index in [0.29, 0.717) is 29.5 Å². The predicted molar refractivity (Wildman–Crippen MR) is 117 cm³/mol. The largest absolute Gasteiger partial charge is 0.353 e. The van der Waals surface area contributed by atoms with Gasteiger partial charge in [0.15, 0.2) is 0 Å². The van der Waals surface area contributed by atoms with E-state index in [1.807, 2.05) is 0 Å². The van der Waals surface area contributed by atoms with Gasteiger partial charge < -0.3 is 20.5 Å². The van der Waals surface area contributed by atoms with Crippen molar-refractivity contribution in [1.82, 2.24) is 25.5 Å².